The van der Waals surface area contributed by atoms with Gasteiger partial charge in [-0.1, -0.05) is 56.3 Å². The summed E-state index contributed by atoms with van der Waals surface area (Å²) >= 11 is 0. The molecule has 6 nitrogen and oxygen atoms in total. The maximum Gasteiger partial charge on any atom is 0.259 e. The van der Waals surface area contributed by atoms with Gasteiger partial charge < -0.3 is 10.1 Å². The molecule has 0 fully saturated rings. The van der Waals surface area contributed by atoms with Crippen LogP contribution in [0.25, 0.3) is 0 Å². The number of hydrogen-bond acceptors (Lipinski definition) is 4. The minimum Gasteiger partial charge on any atom is -0.493 e. The third-order valence-corrected chi connectivity index (χ3v) is 6.53. The van der Waals surface area contributed by atoms with Crippen molar-refractivity contribution in [3.8, 4) is 5.75 Å². The molecule has 0 saturated heterocycles. The average molecular weight is 467 g/mol. The second kappa shape index (κ2) is 11.6. The van der Waals surface area contributed by atoms with Gasteiger partial charge in [0.1, 0.15) is 5.75 Å². The second-order valence-corrected chi connectivity index (χ2v) is 9.91. The fourth-order valence-electron chi connectivity index (χ4n) is 3.16. The molecule has 0 aromatic heterocycles. The van der Waals surface area contributed by atoms with E-state index in [2.05, 4.69) is 23.9 Å². The van der Waals surface area contributed by atoms with Crippen molar-refractivity contribution in [2.45, 2.75) is 31.6 Å². The Labute approximate surface area is 196 Å². The number of benzene rings is 3. The standard InChI is InChI=1S/C26H30N2O4S/c1-20(2)17-19-32-25-11-7-6-10-24(25)26(29)28-22-12-14-23(15-13-22)33(30,31)27-18-16-21-8-4-3-5-9-21/h3-15,20,27H,16-19H2,1-2H3,(H,28,29). The summed E-state index contributed by atoms with van der Waals surface area (Å²) in [7, 11) is -3.63. The Morgan fingerprint density at radius 1 is 0.909 bits per heavy atom. The monoisotopic (exact) mass is 466 g/mol. The van der Waals surface area contributed by atoms with Gasteiger partial charge >= 0.3 is 0 Å². The highest BCUT2D eigenvalue weighted by molar-refractivity contribution is 7.89. The van der Waals surface area contributed by atoms with Crippen LogP contribution in [-0.4, -0.2) is 27.5 Å². The van der Waals surface area contributed by atoms with Crippen LogP contribution in [0, 0.1) is 5.92 Å². The van der Waals surface area contributed by atoms with Crippen molar-refractivity contribution in [2.24, 2.45) is 5.92 Å². The summed E-state index contributed by atoms with van der Waals surface area (Å²) in [5.74, 6) is 0.720. The molecule has 0 atom stereocenters. The van der Waals surface area contributed by atoms with Crippen LogP contribution in [0.4, 0.5) is 5.69 Å². The normalized spacial score (nSPS) is 11.4. The molecule has 3 aromatic carbocycles. The lowest BCUT2D eigenvalue weighted by Crippen LogP contribution is -2.26. The predicted molar refractivity (Wildman–Crippen MR) is 131 cm³/mol. The third-order valence-electron chi connectivity index (χ3n) is 5.06. The minimum absolute atomic E-state index is 0.144. The Morgan fingerprint density at radius 3 is 2.27 bits per heavy atom. The van der Waals surface area contributed by atoms with Crippen molar-refractivity contribution >= 4 is 21.6 Å². The van der Waals surface area contributed by atoms with Gasteiger partial charge in [0.2, 0.25) is 10.0 Å². The highest BCUT2D eigenvalue weighted by atomic mass is 32.2. The number of nitrogens with one attached hydrogen (secondary N) is 2. The van der Waals surface area contributed by atoms with Crippen LogP contribution in [0.3, 0.4) is 0 Å². The Kier molecular flexibility index (Phi) is 8.63. The zero-order valence-electron chi connectivity index (χ0n) is 19.0. The smallest absolute Gasteiger partial charge is 0.259 e. The molecule has 2 N–H and O–H groups in total. The lowest BCUT2D eigenvalue weighted by atomic mass is 10.1. The number of para-hydroxylation sites is 1. The van der Waals surface area contributed by atoms with E-state index >= 15 is 0 Å². The second-order valence-electron chi connectivity index (χ2n) is 8.14. The summed E-state index contributed by atoms with van der Waals surface area (Å²) in [5.41, 5.74) is 1.99. The van der Waals surface area contributed by atoms with Crippen LogP contribution < -0.4 is 14.8 Å². The van der Waals surface area contributed by atoms with Crippen molar-refractivity contribution in [2.75, 3.05) is 18.5 Å². The molecular weight excluding hydrogens is 436 g/mol. The highest BCUT2D eigenvalue weighted by Gasteiger charge is 2.15. The van der Waals surface area contributed by atoms with Crippen LogP contribution in [0.1, 0.15) is 36.2 Å². The summed E-state index contributed by atoms with van der Waals surface area (Å²) in [6.07, 6.45) is 1.50. The van der Waals surface area contributed by atoms with Gasteiger partial charge in [0, 0.05) is 12.2 Å². The van der Waals surface area contributed by atoms with Gasteiger partial charge in [-0.25, -0.2) is 13.1 Å². The molecule has 0 saturated carbocycles. The van der Waals surface area contributed by atoms with E-state index in [9.17, 15) is 13.2 Å². The quantitative estimate of drug-likeness (QED) is 0.422. The predicted octanol–water partition coefficient (Wildman–Crippen LogP) is 4.88. The van der Waals surface area contributed by atoms with Gasteiger partial charge in [-0.15, -0.1) is 0 Å². The summed E-state index contributed by atoms with van der Waals surface area (Å²) in [4.78, 5) is 12.9. The molecule has 3 rings (SSSR count). The number of amides is 1. The number of anilines is 1. The summed E-state index contributed by atoms with van der Waals surface area (Å²) in [5, 5.41) is 2.81. The Morgan fingerprint density at radius 2 is 1.58 bits per heavy atom. The first-order valence-corrected chi connectivity index (χ1v) is 12.5. The first kappa shape index (κ1) is 24.5. The SMILES string of the molecule is CC(C)CCOc1ccccc1C(=O)Nc1ccc(S(=O)(=O)NCCc2ccccc2)cc1. The van der Waals surface area contributed by atoms with E-state index < -0.39 is 10.0 Å². The van der Waals surface area contributed by atoms with E-state index in [-0.39, 0.29) is 10.8 Å². The molecular formula is C26H30N2O4S. The van der Waals surface area contributed by atoms with E-state index in [0.717, 1.165) is 12.0 Å². The largest absolute Gasteiger partial charge is 0.493 e. The van der Waals surface area contributed by atoms with Crippen LogP contribution in [-0.2, 0) is 16.4 Å². The fourth-order valence-corrected chi connectivity index (χ4v) is 4.19. The maximum atomic E-state index is 12.8. The van der Waals surface area contributed by atoms with Crippen molar-refractivity contribution in [3.05, 3.63) is 90.0 Å². The van der Waals surface area contributed by atoms with E-state index in [4.69, 9.17) is 4.74 Å². The van der Waals surface area contributed by atoms with E-state index in [1.165, 1.54) is 12.1 Å². The molecule has 174 valence electrons. The number of carbonyl (C=O) groups is 1. The van der Waals surface area contributed by atoms with Gasteiger partial charge in [-0.3, -0.25) is 4.79 Å². The van der Waals surface area contributed by atoms with Gasteiger partial charge in [0.05, 0.1) is 17.1 Å². The van der Waals surface area contributed by atoms with Crippen molar-refractivity contribution < 1.29 is 17.9 Å². The van der Waals surface area contributed by atoms with Gasteiger partial charge in [-0.2, -0.15) is 0 Å². The fraction of sp³-hybridized carbons (Fsp3) is 0.269. The molecule has 0 aliphatic carbocycles. The lowest BCUT2D eigenvalue weighted by molar-refractivity contribution is 0.102. The minimum atomic E-state index is -3.63. The number of sulfonamides is 1. The first-order valence-electron chi connectivity index (χ1n) is 11.0. The lowest BCUT2D eigenvalue weighted by Gasteiger charge is -2.13. The molecule has 0 radical (unpaired) electrons. The molecule has 0 heterocycles. The maximum absolute atomic E-state index is 12.8. The molecule has 1 amide bonds. The van der Waals surface area contributed by atoms with Crippen molar-refractivity contribution in [1.29, 1.82) is 0 Å². The first-order chi connectivity index (χ1) is 15.8. The summed E-state index contributed by atoms with van der Waals surface area (Å²) < 4.78 is 33.5. The summed E-state index contributed by atoms with van der Waals surface area (Å²) in [6, 6.07) is 22.9. The number of carbonyl (C=O) groups excluding carboxylic acids is 1. The molecule has 0 bridgehead atoms. The molecule has 0 aliphatic rings. The average Bonchev–Trinajstić information content (AvgIpc) is 2.80. The zero-order chi connectivity index (χ0) is 23.7. The highest BCUT2D eigenvalue weighted by Crippen LogP contribution is 2.21. The Bertz CT molecular complexity index is 1140. The van der Waals surface area contributed by atoms with Crippen molar-refractivity contribution in [3.63, 3.8) is 0 Å². The van der Waals surface area contributed by atoms with Gasteiger partial charge in [-0.05, 0) is 60.7 Å². The van der Waals surface area contributed by atoms with Gasteiger partial charge in [0.15, 0.2) is 0 Å². The van der Waals surface area contributed by atoms with Crippen LogP contribution >= 0.6 is 0 Å². The third kappa shape index (κ3) is 7.44. The van der Waals surface area contributed by atoms with Gasteiger partial charge in [0.25, 0.3) is 5.91 Å². The summed E-state index contributed by atoms with van der Waals surface area (Å²) in [6.45, 7) is 5.07. The molecule has 0 aliphatic heterocycles. The van der Waals surface area contributed by atoms with E-state index in [1.54, 1.807) is 30.3 Å². The van der Waals surface area contributed by atoms with Crippen molar-refractivity contribution in [1.82, 2.24) is 4.72 Å². The Hall–Kier alpha value is -3.16. The van der Waals surface area contributed by atoms with E-state index in [0.29, 0.717) is 42.5 Å². The molecule has 3 aromatic rings. The van der Waals surface area contributed by atoms with E-state index in [1.807, 2.05) is 36.4 Å². The number of rotatable bonds is 11. The molecule has 33 heavy (non-hydrogen) atoms. The number of ether oxygens (including phenoxy) is 1. The van der Waals surface area contributed by atoms with Crippen LogP contribution in [0.5, 0.6) is 5.75 Å². The number of hydrogen-bond donors (Lipinski definition) is 2. The molecule has 0 spiro atoms. The van der Waals surface area contributed by atoms with Crippen LogP contribution in [0.2, 0.25) is 0 Å². The topological polar surface area (TPSA) is 84.5 Å². The molecule has 0 unspecified atom stereocenters. The molecule has 7 heteroatoms. The Balaban J connectivity index is 1.59. The van der Waals surface area contributed by atoms with Crippen LogP contribution in [0.15, 0.2) is 83.8 Å². The zero-order valence-corrected chi connectivity index (χ0v) is 19.8.